The molecule has 2 aromatic carbocycles. The Morgan fingerprint density at radius 2 is 1.83 bits per heavy atom. The minimum absolute atomic E-state index is 0.0327. The van der Waals surface area contributed by atoms with Gasteiger partial charge in [0.1, 0.15) is 29.4 Å². The minimum atomic E-state index is -1.22. The highest BCUT2D eigenvalue weighted by atomic mass is 16.5. The molecule has 0 amide bonds. The zero-order valence-corrected chi connectivity index (χ0v) is 17.6. The van der Waals surface area contributed by atoms with E-state index in [1.54, 1.807) is 0 Å². The summed E-state index contributed by atoms with van der Waals surface area (Å²) in [6.07, 6.45) is 2.38. The molecule has 1 heterocycles. The number of oxime groups is 1. The third kappa shape index (κ3) is 4.67. The number of anilines is 1. The summed E-state index contributed by atoms with van der Waals surface area (Å²) in [5.74, 6) is -1.32. The van der Waals surface area contributed by atoms with Gasteiger partial charge in [0.05, 0.1) is 0 Å². The molecule has 0 saturated carbocycles. The largest absolute Gasteiger partial charge is 0.507 e. The van der Waals surface area contributed by atoms with E-state index in [1.165, 1.54) is 42.3 Å². The van der Waals surface area contributed by atoms with Gasteiger partial charge in [0.25, 0.3) is 0 Å². The first-order valence-corrected chi connectivity index (χ1v) is 10.0. The van der Waals surface area contributed by atoms with Crippen LogP contribution in [0, 0.1) is 0 Å². The van der Waals surface area contributed by atoms with Crippen molar-refractivity contribution in [2.24, 2.45) is 5.16 Å². The van der Waals surface area contributed by atoms with E-state index in [0.717, 1.165) is 18.7 Å². The summed E-state index contributed by atoms with van der Waals surface area (Å²) in [5, 5.41) is 31.8. The van der Waals surface area contributed by atoms with Gasteiger partial charge >= 0.3 is 5.97 Å². The van der Waals surface area contributed by atoms with Crippen LogP contribution in [0.25, 0.3) is 0 Å². The van der Waals surface area contributed by atoms with E-state index in [2.05, 4.69) is 36.9 Å². The Morgan fingerprint density at radius 3 is 2.40 bits per heavy atom. The Kier molecular flexibility index (Phi) is 6.20. The molecule has 1 saturated heterocycles. The van der Waals surface area contributed by atoms with Crippen molar-refractivity contribution < 1.29 is 25.0 Å². The molecule has 30 heavy (non-hydrogen) atoms. The molecule has 0 aromatic heterocycles. The smallest absolute Gasteiger partial charge is 0.339 e. The van der Waals surface area contributed by atoms with Crippen LogP contribution in [0.4, 0.5) is 5.69 Å². The van der Waals surface area contributed by atoms with Crippen molar-refractivity contribution >= 4 is 17.4 Å². The highest BCUT2D eigenvalue weighted by Crippen LogP contribution is 2.35. The van der Waals surface area contributed by atoms with Gasteiger partial charge in [-0.05, 0) is 48.1 Å². The number of hydrogen-bond acceptors (Lipinski definition) is 6. The summed E-state index contributed by atoms with van der Waals surface area (Å²) < 4.78 is 5.63. The summed E-state index contributed by atoms with van der Waals surface area (Å²) >= 11 is 0. The van der Waals surface area contributed by atoms with Crippen molar-refractivity contribution in [3.05, 3.63) is 53.1 Å². The normalized spacial score (nSPS) is 14.8. The number of aromatic carboxylic acids is 1. The third-order valence-corrected chi connectivity index (χ3v) is 5.28. The molecule has 3 N–H and O–H groups in total. The zero-order chi connectivity index (χ0) is 21.9. The molecule has 1 fully saturated rings. The lowest BCUT2D eigenvalue weighted by Crippen LogP contribution is -2.24. The van der Waals surface area contributed by atoms with Crippen molar-refractivity contribution in [2.75, 3.05) is 24.6 Å². The lowest BCUT2D eigenvalue weighted by atomic mass is 9.84. The number of phenols is 1. The van der Waals surface area contributed by atoms with Gasteiger partial charge in [0, 0.05) is 30.4 Å². The van der Waals surface area contributed by atoms with Crippen LogP contribution in [0.1, 0.15) is 55.1 Å². The first-order valence-electron chi connectivity index (χ1n) is 10.0. The summed E-state index contributed by atoms with van der Waals surface area (Å²) in [6, 6.07) is 9.99. The van der Waals surface area contributed by atoms with Gasteiger partial charge in [-0.2, -0.15) is 0 Å². The van der Waals surface area contributed by atoms with Crippen molar-refractivity contribution in [3.63, 3.8) is 0 Å². The van der Waals surface area contributed by atoms with E-state index in [1.807, 2.05) is 12.1 Å². The topological polar surface area (TPSA) is 103 Å². The first-order chi connectivity index (χ1) is 14.2. The van der Waals surface area contributed by atoms with E-state index in [4.69, 9.17) is 9.84 Å². The lowest BCUT2D eigenvalue weighted by Gasteiger charge is -2.29. The number of carboxylic acid groups (broad SMARTS) is 1. The Hall–Kier alpha value is -3.22. The molecule has 0 unspecified atom stereocenters. The number of ether oxygens (including phenoxy) is 1. The van der Waals surface area contributed by atoms with E-state index in [-0.39, 0.29) is 29.1 Å². The second-order valence-electron chi connectivity index (χ2n) is 8.50. The van der Waals surface area contributed by atoms with E-state index in [9.17, 15) is 15.1 Å². The molecule has 0 atom stereocenters. The average Bonchev–Trinajstić information content (AvgIpc) is 3.22. The molecule has 0 aliphatic carbocycles. The Labute approximate surface area is 176 Å². The maximum absolute atomic E-state index is 11.0. The van der Waals surface area contributed by atoms with Crippen LogP contribution in [-0.2, 0) is 5.41 Å². The Balaban J connectivity index is 1.83. The number of hydrogen-bond donors (Lipinski definition) is 3. The molecular weight excluding hydrogens is 384 g/mol. The number of carbonyl (C=O) groups is 1. The number of benzene rings is 2. The van der Waals surface area contributed by atoms with Crippen LogP contribution in [0.15, 0.2) is 41.6 Å². The van der Waals surface area contributed by atoms with E-state index in [0.29, 0.717) is 5.71 Å². The average molecular weight is 412 g/mol. The maximum atomic E-state index is 11.0. The number of aromatic hydroxyl groups is 1. The number of nitrogens with zero attached hydrogens (tertiary/aromatic N) is 2. The molecule has 160 valence electrons. The second kappa shape index (κ2) is 8.65. The molecule has 3 rings (SSSR count). The molecule has 0 bridgehead atoms. The molecule has 0 radical (unpaired) electrons. The predicted octanol–water partition coefficient (Wildman–Crippen LogP) is 4.25. The Morgan fingerprint density at radius 1 is 1.13 bits per heavy atom. The fourth-order valence-corrected chi connectivity index (χ4v) is 3.65. The summed E-state index contributed by atoms with van der Waals surface area (Å²) in [7, 11) is 0. The molecule has 1 aliphatic heterocycles. The van der Waals surface area contributed by atoms with Crippen LogP contribution in [0.2, 0.25) is 0 Å². The number of carboxylic acids is 1. The van der Waals surface area contributed by atoms with Gasteiger partial charge in [-0.1, -0.05) is 32.0 Å². The predicted molar refractivity (Wildman–Crippen MR) is 115 cm³/mol. The van der Waals surface area contributed by atoms with E-state index >= 15 is 0 Å². The summed E-state index contributed by atoms with van der Waals surface area (Å²) in [6.45, 7) is 8.53. The van der Waals surface area contributed by atoms with Gasteiger partial charge in [-0.15, -0.1) is 0 Å². The van der Waals surface area contributed by atoms with Crippen LogP contribution in [0.5, 0.6) is 11.5 Å². The van der Waals surface area contributed by atoms with Crippen molar-refractivity contribution in [1.29, 1.82) is 0 Å². The van der Waals surface area contributed by atoms with Crippen molar-refractivity contribution in [1.82, 2.24) is 0 Å². The highest BCUT2D eigenvalue weighted by molar-refractivity contribution is 6.02. The van der Waals surface area contributed by atoms with E-state index < -0.39 is 5.97 Å². The van der Waals surface area contributed by atoms with Crippen LogP contribution in [0.3, 0.4) is 0 Å². The standard InChI is InChI=1S/C23H28N2O5/c1-23(2,3)18-12-15(6-9-20(18)25-10-4-5-11-25)19(24-29)14-30-16-7-8-17(22(27)28)21(26)13-16/h6-9,12-13,26,29H,4-5,10-11,14H2,1-3H3,(H,27,28)/b24-19-. The Bertz CT molecular complexity index is 957. The first kappa shape index (κ1) is 21.5. The molecule has 2 aromatic rings. The molecular formula is C23H28N2O5. The fourth-order valence-electron chi connectivity index (χ4n) is 3.65. The zero-order valence-electron chi connectivity index (χ0n) is 17.6. The third-order valence-electron chi connectivity index (χ3n) is 5.28. The maximum Gasteiger partial charge on any atom is 0.339 e. The molecule has 0 spiro atoms. The molecule has 7 nitrogen and oxygen atoms in total. The van der Waals surface area contributed by atoms with Gasteiger partial charge in [-0.3, -0.25) is 0 Å². The monoisotopic (exact) mass is 412 g/mol. The van der Waals surface area contributed by atoms with Crippen LogP contribution in [-0.4, -0.2) is 46.8 Å². The number of rotatable bonds is 6. The van der Waals surface area contributed by atoms with Gasteiger partial charge in [0.2, 0.25) is 0 Å². The molecule has 7 heteroatoms. The highest BCUT2D eigenvalue weighted by Gasteiger charge is 2.24. The van der Waals surface area contributed by atoms with Gasteiger partial charge < -0.3 is 25.1 Å². The van der Waals surface area contributed by atoms with Crippen molar-refractivity contribution in [2.45, 2.75) is 39.0 Å². The quantitative estimate of drug-likeness (QED) is 0.372. The summed E-state index contributed by atoms with van der Waals surface area (Å²) in [5.41, 5.74) is 3.17. The van der Waals surface area contributed by atoms with Crippen LogP contribution >= 0.6 is 0 Å². The van der Waals surface area contributed by atoms with Gasteiger partial charge in [0.15, 0.2) is 0 Å². The van der Waals surface area contributed by atoms with Crippen LogP contribution < -0.4 is 9.64 Å². The second-order valence-corrected chi connectivity index (χ2v) is 8.50. The fraction of sp³-hybridized carbons (Fsp3) is 0.391. The lowest BCUT2D eigenvalue weighted by molar-refractivity contribution is 0.0693. The van der Waals surface area contributed by atoms with Gasteiger partial charge in [-0.25, -0.2) is 4.79 Å². The minimum Gasteiger partial charge on any atom is -0.507 e. The molecule has 1 aliphatic rings. The van der Waals surface area contributed by atoms with Crippen molar-refractivity contribution in [3.8, 4) is 11.5 Å². The summed E-state index contributed by atoms with van der Waals surface area (Å²) in [4.78, 5) is 13.4. The SMILES string of the molecule is CC(C)(C)c1cc(/C(COc2ccc(C(=O)O)c(O)c2)=N\O)ccc1N1CCCC1.